The fraction of sp³-hybridized carbons (Fsp3) is 0.0625. The first-order chi connectivity index (χ1) is 11.6. The van der Waals surface area contributed by atoms with Crippen molar-refractivity contribution >= 4 is 63.1 Å². The molecule has 0 aliphatic rings. The summed E-state index contributed by atoms with van der Waals surface area (Å²) in [5.74, 6) is -2.02. The summed E-state index contributed by atoms with van der Waals surface area (Å²) in [5, 5.41) is 0.554. The van der Waals surface area contributed by atoms with Gasteiger partial charge in [-0.25, -0.2) is 0 Å². The van der Waals surface area contributed by atoms with Gasteiger partial charge >= 0.3 is 6.18 Å². The molecule has 2 aromatic carbocycles. The van der Waals surface area contributed by atoms with Crippen molar-refractivity contribution in [3.05, 3.63) is 56.0 Å². The number of carbonyl (C=O) groups is 1. The van der Waals surface area contributed by atoms with E-state index in [1.807, 2.05) is 0 Å². The third-order valence-corrected chi connectivity index (χ3v) is 4.41. The molecule has 3 rings (SSSR count). The van der Waals surface area contributed by atoms with E-state index in [9.17, 15) is 18.0 Å². The summed E-state index contributed by atoms with van der Waals surface area (Å²) in [6.07, 6.45) is -5.08. The lowest BCUT2D eigenvalue weighted by molar-refractivity contribution is -0.0883. The Hall–Kier alpha value is -1.40. The molecule has 0 amide bonds. The molecular weight excluding hydrogens is 421 g/mol. The van der Waals surface area contributed by atoms with Crippen LogP contribution in [0, 0.1) is 0 Å². The minimum absolute atomic E-state index is 0.0362. The summed E-state index contributed by atoms with van der Waals surface area (Å²) < 4.78 is 39.3. The Labute approximate surface area is 159 Å². The van der Waals surface area contributed by atoms with Crippen molar-refractivity contribution in [1.29, 1.82) is 0 Å². The zero-order valence-electron chi connectivity index (χ0n) is 11.9. The topological polar surface area (TPSA) is 32.9 Å². The third-order valence-electron chi connectivity index (χ3n) is 3.46. The van der Waals surface area contributed by atoms with Crippen LogP contribution >= 0.6 is 46.4 Å². The summed E-state index contributed by atoms with van der Waals surface area (Å²) in [4.78, 5) is 14.8. The second kappa shape index (κ2) is 6.40. The SMILES string of the molecule is O=C(c1c(-c2cc(Cl)cc(Cl)c2)[nH]c2c(Cl)cc(Cl)cc12)C(F)(F)F. The second-order valence-corrected chi connectivity index (χ2v) is 6.89. The Morgan fingerprint density at radius 1 is 0.880 bits per heavy atom. The van der Waals surface area contributed by atoms with Crippen molar-refractivity contribution < 1.29 is 18.0 Å². The summed E-state index contributed by atoms with van der Waals surface area (Å²) in [5.41, 5.74) is -0.311. The molecular formula is C16H6Cl4F3NO. The number of alkyl halides is 3. The minimum Gasteiger partial charge on any atom is -0.353 e. The van der Waals surface area contributed by atoms with Gasteiger partial charge in [-0.2, -0.15) is 13.2 Å². The molecule has 0 atom stereocenters. The summed E-state index contributed by atoms with van der Waals surface area (Å²) in [6.45, 7) is 0. The number of carbonyl (C=O) groups excluding carboxylic acids is 1. The normalized spacial score (nSPS) is 12.0. The summed E-state index contributed by atoms with van der Waals surface area (Å²) in [7, 11) is 0. The van der Waals surface area contributed by atoms with Crippen LogP contribution in [0.4, 0.5) is 13.2 Å². The zero-order chi connectivity index (χ0) is 18.5. The first-order valence-corrected chi connectivity index (χ1v) is 8.18. The molecule has 3 aromatic rings. The highest BCUT2D eigenvalue weighted by Gasteiger charge is 2.42. The number of benzene rings is 2. The Morgan fingerprint density at radius 3 is 2.00 bits per heavy atom. The second-order valence-electron chi connectivity index (χ2n) is 5.17. The van der Waals surface area contributed by atoms with Crippen molar-refractivity contribution in [3.63, 3.8) is 0 Å². The average Bonchev–Trinajstić information content (AvgIpc) is 2.83. The minimum atomic E-state index is -5.08. The van der Waals surface area contributed by atoms with Gasteiger partial charge in [0.05, 0.1) is 21.8 Å². The van der Waals surface area contributed by atoms with E-state index in [0.29, 0.717) is 0 Å². The van der Waals surface area contributed by atoms with E-state index in [2.05, 4.69) is 4.98 Å². The average molecular weight is 427 g/mol. The molecule has 25 heavy (non-hydrogen) atoms. The van der Waals surface area contributed by atoms with Crippen LogP contribution in [0.15, 0.2) is 30.3 Å². The van der Waals surface area contributed by atoms with E-state index in [1.165, 1.54) is 30.3 Å². The molecule has 0 bridgehead atoms. The molecule has 1 aromatic heterocycles. The van der Waals surface area contributed by atoms with E-state index in [1.54, 1.807) is 0 Å². The number of rotatable bonds is 2. The molecule has 0 aliphatic carbocycles. The standard InChI is InChI=1S/C16H6Cl4F3NO/c17-7-1-6(2-8(18)3-7)13-12(15(25)16(21,22)23)10-4-9(19)5-11(20)14(10)24-13/h1-5,24H. The fourth-order valence-corrected chi connectivity index (χ4v) is 3.58. The molecule has 2 nitrogen and oxygen atoms in total. The predicted molar refractivity (Wildman–Crippen MR) is 94.2 cm³/mol. The number of hydrogen-bond acceptors (Lipinski definition) is 1. The number of Topliss-reactive ketones (excluding diaryl/α,β-unsaturated/α-hetero) is 1. The van der Waals surface area contributed by atoms with Crippen LogP contribution in [-0.2, 0) is 0 Å². The van der Waals surface area contributed by atoms with E-state index in [0.717, 1.165) is 0 Å². The molecule has 130 valence electrons. The summed E-state index contributed by atoms with van der Waals surface area (Å²) in [6, 6.07) is 6.80. The van der Waals surface area contributed by atoms with Gasteiger partial charge < -0.3 is 4.98 Å². The van der Waals surface area contributed by atoms with Crippen molar-refractivity contribution in [3.8, 4) is 11.3 Å². The van der Waals surface area contributed by atoms with Crippen LogP contribution < -0.4 is 0 Å². The Balaban J connectivity index is 2.42. The highest BCUT2D eigenvalue weighted by Crippen LogP contribution is 2.40. The van der Waals surface area contributed by atoms with Gasteiger partial charge in [-0.15, -0.1) is 0 Å². The van der Waals surface area contributed by atoms with Crippen LogP contribution in [0.25, 0.3) is 22.2 Å². The Morgan fingerprint density at radius 2 is 1.44 bits per heavy atom. The van der Waals surface area contributed by atoms with E-state index < -0.39 is 17.5 Å². The van der Waals surface area contributed by atoms with Gasteiger partial charge in [0, 0.05) is 26.0 Å². The quantitative estimate of drug-likeness (QED) is 0.432. The van der Waals surface area contributed by atoms with Crippen molar-refractivity contribution in [2.24, 2.45) is 0 Å². The van der Waals surface area contributed by atoms with Crippen LogP contribution in [0.5, 0.6) is 0 Å². The van der Waals surface area contributed by atoms with E-state index in [4.69, 9.17) is 46.4 Å². The Kier molecular flexibility index (Phi) is 4.71. The molecule has 0 saturated carbocycles. The van der Waals surface area contributed by atoms with Gasteiger partial charge in [0.2, 0.25) is 0 Å². The molecule has 1 N–H and O–H groups in total. The molecule has 0 spiro atoms. The molecule has 9 heteroatoms. The zero-order valence-corrected chi connectivity index (χ0v) is 15.0. The van der Waals surface area contributed by atoms with Crippen LogP contribution in [0.3, 0.4) is 0 Å². The van der Waals surface area contributed by atoms with E-state index in [-0.39, 0.29) is 42.3 Å². The molecule has 0 unspecified atom stereocenters. The number of fused-ring (bicyclic) bond motifs is 1. The fourth-order valence-electron chi connectivity index (χ4n) is 2.51. The lowest BCUT2D eigenvalue weighted by atomic mass is 10.0. The molecule has 0 radical (unpaired) electrons. The third kappa shape index (κ3) is 3.47. The highest BCUT2D eigenvalue weighted by molar-refractivity contribution is 6.39. The Bertz CT molecular complexity index is 991. The smallest absolute Gasteiger partial charge is 0.353 e. The number of ketones is 1. The first-order valence-electron chi connectivity index (χ1n) is 6.66. The largest absolute Gasteiger partial charge is 0.454 e. The monoisotopic (exact) mass is 425 g/mol. The van der Waals surface area contributed by atoms with Crippen LogP contribution in [-0.4, -0.2) is 16.9 Å². The van der Waals surface area contributed by atoms with Gasteiger partial charge in [0.15, 0.2) is 0 Å². The number of H-pyrrole nitrogens is 1. The molecule has 0 fully saturated rings. The lowest BCUT2D eigenvalue weighted by Crippen LogP contribution is -2.23. The first kappa shape index (κ1) is 18.4. The van der Waals surface area contributed by atoms with Gasteiger partial charge in [0.25, 0.3) is 5.78 Å². The summed E-state index contributed by atoms with van der Waals surface area (Å²) >= 11 is 23.8. The molecule has 0 saturated heterocycles. The maximum Gasteiger partial charge on any atom is 0.454 e. The van der Waals surface area contributed by atoms with Crippen LogP contribution in [0.2, 0.25) is 20.1 Å². The lowest BCUT2D eigenvalue weighted by Gasteiger charge is -2.08. The number of halogens is 7. The van der Waals surface area contributed by atoms with Crippen molar-refractivity contribution in [1.82, 2.24) is 4.98 Å². The van der Waals surface area contributed by atoms with Gasteiger partial charge in [-0.1, -0.05) is 46.4 Å². The van der Waals surface area contributed by atoms with Gasteiger partial charge in [-0.05, 0) is 30.3 Å². The van der Waals surface area contributed by atoms with Crippen molar-refractivity contribution in [2.45, 2.75) is 6.18 Å². The number of aromatic amines is 1. The van der Waals surface area contributed by atoms with Crippen LogP contribution in [0.1, 0.15) is 10.4 Å². The van der Waals surface area contributed by atoms with Crippen molar-refractivity contribution in [2.75, 3.05) is 0 Å². The molecule has 0 aliphatic heterocycles. The number of aromatic nitrogens is 1. The van der Waals surface area contributed by atoms with Gasteiger partial charge in [0.1, 0.15) is 0 Å². The highest BCUT2D eigenvalue weighted by atomic mass is 35.5. The maximum absolute atomic E-state index is 13.1. The predicted octanol–water partition coefficient (Wildman–Crippen LogP) is 7.19. The molecule has 1 heterocycles. The number of nitrogens with one attached hydrogen (secondary N) is 1. The maximum atomic E-state index is 13.1. The van der Waals surface area contributed by atoms with Gasteiger partial charge in [-0.3, -0.25) is 4.79 Å². The van der Waals surface area contributed by atoms with E-state index >= 15 is 0 Å². The number of hydrogen-bond donors (Lipinski definition) is 1.